The van der Waals surface area contributed by atoms with E-state index in [0.29, 0.717) is 0 Å². The van der Waals surface area contributed by atoms with Crippen molar-refractivity contribution in [3.63, 3.8) is 0 Å². The lowest BCUT2D eigenvalue weighted by Crippen LogP contribution is -1.98. The van der Waals surface area contributed by atoms with Gasteiger partial charge in [-0.15, -0.1) is 0 Å². The van der Waals surface area contributed by atoms with Crippen molar-refractivity contribution in [3.8, 4) is 0 Å². The van der Waals surface area contributed by atoms with E-state index in [1.165, 1.54) is 0 Å². The predicted molar refractivity (Wildman–Crippen MR) is 71.0 cm³/mol. The zero-order valence-corrected chi connectivity index (χ0v) is 11.6. The smallest absolute Gasteiger partial charge is 0.0868 e. The maximum Gasteiger partial charge on any atom is 0.0868 e. The highest BCUT2D eigenvalue weighted by molar-refractivity contribution is 9.11. The number of nitrogens with two attached hydrogens (primary N) is 1. The molecule has 0 saturated carbocycles. The molecular weight excluding hydrogens is 320 g/mol. The zero-order valence-electron chi connectivity index (χ0n) is 8.44. The molecule has 0 bridgehead atoms. The van der Waals surface area contributed by atoms with Crippen LogP contribution in [-0.2, 0) is 0 Å². The molecule has 1 aromatic carbocycles. The third kappa shape index (κ3) is 1.76. The number of rotatable bonds is 0. The van der Waals surface area contributed by atoms with Crippen molar-refractivity contribution in [2.24, 2.45) is 0 Å². The van der Waals surface area contributed by atoms with E-state index in [-0.39, 0.29) is 0 Å². The Bertz CT molecular complexity index is 550. The quantitative estimate of drug-likeness (QED) is 0.794. The number of fused-ring (bicyclic) bond motifs is 1. The normalized spacial score (nSPS) is 10.9. The Hall–Kier alpha value is -0.610. The van der Waals surface area contributed by atoms with Crippen LogP contribution in [0.4, 0.5) is 5.69 Å². The first-order valence-electron chi connectivity index (χ1n) is 4.52. The van der Waals surface area contributed by atoms with Gasteiger partial charge in [0.15, 0.2) is 0 Å². The van der Waals surface area contributed by atoms with Gasteiger partial charge in [0.05, 0.1) is 5.52 Å². The van der Waals surface area contributed by atoms with Crippen molar-refractivity contribution in [1.82, 2.24) is 4.98 Å². The number of hydrogen-bond acceptors (Lipinski definition) is 2. The van der Waals surface area contributed by atoms with Gasteiger partial charge in [-0.3, -0.25) is 4.98 Å². The number of aromatic nitrogens is 1. The van der Waals surface area contributed by atoms with E-state index in [9.17, 15) is 0 Å². The van der Waals surface area contributed by atoms with Crippen LogP contribution in [0.5, 0.6) is 0 Å². The topological polar surface area (TPSA) is 38.9 Å². The van der Waals surface area contributed by atoms with Crippen molar-refractivity contribution < 1.29 is 0 Å². The van der Waals surface area contributed by atoms with Crippen molar-refractivity contribution >= 4 is 48.5 Å². The fraction of sp³-hybridized carbons (Fsp3) is 0.182. The Morgan fingerprint density at radius 1 is 1.20 bits per heavy atom. The van der Waals surface area contributed by atoms with Crippen LogP contribution < -0.4 is 5.73 Å². The molecule has 0 fully saturated rings. The summed E-state index contributed by atoms with van der Waals surface area (Å²) in [7, 11) is 0. The molecule has 2 rings (SSSR count). The molecule has 2 aromatic rings. The fourth-order valence-corrected chi connectivity index (χ4v) is 2.85. The number of aryl methyl sites for hydroxylation is 1. The van der Waals surface area contributed by atoms with Crippen LogP contribution >= 0.6 is 31.9 Å². The minimum Gasteiger partial charge on any atom is -0.398 e. The second kappa shape index (κ2) is 3.76. The third-order valence-corrected chi connectivity index (χ3v) is 3.61. The number of halogens is 2. The Labute approximate surface area is 105 Å². The van der Waals surface area contributed by atoms with E-state index in [4.69, 9.17) is 5.73 Å². The summed E-state index contributed by atoms with van der Waals surface area (Å²) < 4.78 is 1.96. The molecule has 2 nitrogen and oxygen atoms in total. The molecule has 0 aliphatic heterocycles. The SMILES string of the molecule is Cc1nc2c(Br)cc(Br)cc2c(N)c1C. The van der Waals surface area contributed by atoms with Crippen LogP contribution in [0, 0.1) is 13.8 Å². The lowest BCUT2D eigenvalue weighted by atomic mass is 10.1. The molecule has 1 heterocycles. The van der Waals surface area contributed by atoms with Crippen LogP contribution in [-0.4, -0.2) is 4.98 Å². The summed E-state index contributed by atoms with van der Waals surface area (Å²) in [6.45, 7) is 3.96. The highest BCUT2D eigenvalue weighted by Gasteiger charge is 2.09. The Morgan fingerprint density at radius 3 is 2.53 bits per heavy atom. The average molecular weight is 330 g/mol. The van der Waals surface area contributed by atoms with Gasteiger partial charge in [0.25, 0.3) is 0 Å². The predicted octanol–water partition coefficient (Wildman–Crippen LogP) is 3.96. The number of hydrogen-bond donors (Lipinski definition) is 1. The molecule has 15 heavy (non-hydrogen) atoms. The minimum absolute atomic E-state index is 0.805. The standard InChI is InChI=1S/C11H10Br2N2/c1-5-6(2)15-11-8(10(5)14)3-7(12)4-9(11)13/h3-4H,1-2H3,(H2,14,15). The van der Waals surface area contributed by atoms with E-state index in [0.717, 1.165) is 36.8 Å². The maximum absolute atomic E-state index is 6.08. The van der Waals surface area contributed by atoms with Gasteiger partial charge in [-0.2, -0.15) is 0 Å². The van der Waals surface area contributed by atoms with Crippen LogP contribution in [0.3, 0.4) is 0 Å². The number of anilines is 1. The number of nitrogens with zero attached hydrogens (tertiary/aromatic N) is 1. The first-order valence-corrected chi connectivity index (χ1v) is 6.10. The van der Waals surface area contributed by atoms with Gasteiger partial charge in [0.2, 0.25) is 0 Å². The Balaban J connectivity index is 2.98. The Morgan fingerprint density at radius 2 is 1.87 bits per heavy atom. The van der Waals surface area contributed by atoms with Gasteiger partial charge in [0, 0.05) is 25.7 Å². The van der Waals surface area contributed by atoms with Gasteiger partial charge >= 0.3 is 0 Å². The van der Waals surface area contributed by atoms with E-state index in [1.807, 2.05) is 26.0 Å². The molecule has 0 amide bonds. The molecule has 0 atom stereocenters. The summed E-state index contributed by atoms with van der Waals surface area (Å²) in [4.78, 5) is 4.53. The minimum atomic E-state index is 0.805. The van der Waals surface area contributed by atoms with Gasteiger partial charge in [-0.25, -0.2) is 0 Å². The van der Waals surface area contributed by atoms with E-state index < -0.39 is 0 Å². The van der Waals surface area contributed by atoms with E-state index in [1.54, 1.807) is 0 Å². The molecule has 0 unspecified atom stereocenters. The molecule has 0 saturated heterocycles. The molecule has 0 spiro atoms. The lowest BCUT2D eigenvalue weighted by molar-refractivity contribution is 1.20. The lowest BCUT2D eigenvalue weighted by Gasteiger charge is -2.10. The summed E-state index contributed by atoms with van der Waals surface area (Å²) >= 11 is 6.94. The van der Waals surface area contributed by atoms with Gasteiger partial charge in [0.1, 0.15) is 0 Å². The molecule has 1 aromatic heterocycles. The summed E-state index contributed by atoms with van der Waals surface area (Å²) in [5.74, 6) is 0. The maximum atomic E-state index is 6.08. The third-order valence-electron chi connectivity index (χ3n) is 2.54. The zero-order chi connectivity index (χ0) is 11.2. The Kier molecular flexibility index (Phi) is 2.73. The highest BCUT2D eigenvalue weighted by Crippen LogP contribution is 2.32. The van der Waals surface area contributed by atoms with Crippen molar-refractivity contribution in [3.05, 3.63) is 32.3 Å². The van der Waals surface area contributed by atoms with Crippen LogP contribution in [0.25, 0.3) is 10.9 Å². The molecular formula is C11H10Br2N2. The monoisotopic (exact) mass is 328 g/mol. The largest absolute Gasteiger partial charge is 0.398 e. The van der Waals surface area contributed by atoms with E-state index >= 15 is 0 Å². The second-order valence-corrected chi connectivity index (χ2v) is 5.29. The van der Waals surface area contributed by atoms with Crippen molar-refractivity contribution in [2.75, 3.05) is 5.73 Å². The number of nitrogen functional groups attached to an aromatic ring is 1. The summed E-state index contributed by atoms with van der Waals surface area (Å²) in [6, 6.07) is 3.97. The molecule has 0 aliphatic rings. The molecule has 0 aliphatic carbocycles. The van der Waals surface area contributed by atoms with Crippen molar-refractivity contribution in [2.45, 2.75) is 13.8 Å². The first kappa shape index (κ1) is 10.9. The fourth-order valence-electron chi connectivity index (χ4n) is 1.53. The summed E-state index contributed by atoms with van der Waals surface area (Å²) in [5, 5.41) is 0.986. The van der Waals surface area contributed by atoms with Crippen LogP contribution in [0.2, 0.25) is 0 Å². The van der Waals surface area contributed by atoms with Gasteiger partial charge < -0.3 is 5.73 Å². The number of benzene rings is 1. The van der Waals surface area contributed by atoms with Crippen LogP contribution in [0.15, 0.2) is 21.1 Å². The second-order valence-electron chi connectivity index (χ2n) is 3.52. The average Bonchev–Trinajstić information content (AvgIpc) is 2.17. The first-order chi connectivity index (χ1) is 7.00. The molecule has 0 radical (unpaired) electrons. The molecule has 4 heteroatoms. The molecule has 2 N–H and O–H groups in total. The molecule has 78 valence electrons. The van der Waals surface area contributed by atoms with Gasteiger partial charge in [-0.1, -0.05) is 15.9 Å². The highest BCUT2D eigenvalue weighted by atomic mass is 79.9. The summed E-state index contributed by atoms with van der Waals surface area (Å²) in [6.07, 6.45) is 0. The number of pyridine rings is 1. The van der Waals surface area contributed by atoms with Gasteiger partial charge in [-0.05, 0) is 47.5 Å². The summed E-state index contributed by atoms with van der Waals surface area (Å²) in [5.41, 5.74) is 9.82. The van der Waals surface area contributed by atoms with Crippen molar-refractivity contribution in [1.29, 1.82) is 0 Å². The van der Waals surface area contributed by atoms with Crippen LogP contribution in [0.1, 0.15) is 11.3 Å². The van der Waals surface area contributed by atoms with E-state index in [2.05, 4.69) is 36.8 Å².